The van der Waals surface area contributed by atoms with Crippen LogP contribution in [0.15, 0.2) is 0 Å². The van der Waals surface area contributed by atoms with Gasteiger partial charge in [0.25, 0.3) is 0 Å². The molecule has 1 heterocycles. The van der Waals surface area contributed by atoms with Crippen LogP contribution < -0.4 is 5.32 Å². The Morgan fingerprint density at radius 2 is 2.00 bits per heavy atom. The second-order valence-corrected chi connectivity index (χ2v) is 7.58. The first-order chi connectivity index (χ1) is 9.85. The van der Waals surface area contributed by atoms with E-state index in [2.05, 4.69) is 31.0 Å². The van der Waals surface area contributed by atoms with Gasteiger partial charge in [0.15, 0.2) is 0 Å². The predicted octanol–water partition coefficient (Wildman–Crippen LogP) is 2.43. The summed E-state index contributed by atoms with van der Waals surface area (Å²) >= 11 is 0. The second-order valence-electron chi connectivity index (χ2n) is 7.58. The third kappa shape index (κ3) is 4.19. The highest BCUT2D eigenvalue weighted by Crippen LogP contribution is 2.30. The Kier molecular flexibility index (Phi) is 5.31. The maximum Gasteiger partial charge on any atom is 0.325 e. The number of hydrogen-bond donors (Lipinski definition) is 1. The van der Waals surface area contributed by atoms with Gasteiger partial charge in [-0.25, -0.2) is 0 Å². The molecular weight excluding hydrogens is 264 g/mol. The van der Waals surface area contributed by atoms with Crippen LogP contribution in [0.5, 0.6) is 0 Å². The highest BCUT2D eigenvalue weighted by atomic mass is 16.5. The van der Waals surface area contributed by atoms with Gasteiger partial charge in [-0.05, 0) is 57.9 Å². The van der Waals surface area contributed by atoms with Crippen LogP contribution >= 0.6 is 0 Å². The van der Waals surface area contributed by atoms with Crippen molar-refractivity contribution < 1.29 is 9.53 Å². The number of likely N-dealkylation sites (tertiary alicyclic amines) is 1. The first-order valence-corrected chi connectivity index (χ1v) is 8.46. The van der Waals surface area contributed by atoms with E-state index in [1.54, 1.807) is 0 Å². The number of esters is 1. The Hall–Kier alpha value is -0.610. The van der Waals surface area contributed by atoms with Crippen molar-refractivity contribution in [1.29, 1.82) is 0 Å². The Labute approximate surface area is 129 Å². The molecule has 4 heteroatoms. The van der Waals surface area contributed by atoms with E-state index in [-0.39, 0.29) is 5.97 Å². The molecule has 1 saturated carbocycles. The smallest absolute Gasteiger partial charge is 0.325 e. The Bertz CT molecular complexity index is 368. The number of carbonyl (C=O) groups excluding carboxylic acids is 1. The third-order valence-electron chi connectivity index (χ3n) is 5.26. The molecule has 2 fully saturated rings. The molecule has 3 atom stereocenters. The zero-order chi connectivity index (χ0) is 15.6. The molecule has 0 bridgehead atoms. The average Bonchev–Trinajstić information content (AvgIpc) is 3.08. The first kappa shape index (κ1) is 16.8. The monoisotopic (exact) mass is 296 g/mol. The quantitative estimate of drug-likeness (QED) is 0.733. The summed E-state index contributed by atoms with van der Waals surface area (Å²) in [5.74, 6) is 1.42. The predicted molar refractivity (Wildman–Crippen MR) is 85.2 cm³/mol. The number of nitrogens with zero attached hydrogens (tertiary/aromatic N) is 1. The molecule has 21 heavy (non-hydrogen) atoms. The second kappa shape index (κ2) is 6.66. The van der Waals surface area contributed by atoms with Gasteiger partial charge in [0.1, 0.15) is 5.54 Å². The lowest BCUT2D eigenvalue weighted by molar-refractivity contribution is -0.149. The zero-order valence-corrected chi connectivity index (χ0v) is 14.3. The highest BCUT2D eigenvalue weighted by Gasteiger charge is 2.42. The van der Waals surface area contributed by atoms with E-state index in [4.69, 9.17) is 4.74 Å². The summed E-state index contributed by atoms with van der Waals surface area (Å²) in [6.45, 7) is 11.2. The SMILES string of the molecule is COC(=O)C(C)(CC(C)N1CCC(C(C)C)C1)NC1CC1. The van der Waals surface area contributed by atoms with Crippen molar-refractivity contribution in [2.75, 3.05) is 20.2 Å². The summed E-state index contributed by atoms with van der Waals surface area (Å²) in [7, 11) is 1.49. The summed E-state index contributed by atoms with van der Waals surface area (Å²) in [5.41, 5.74) is -0.550. The summed E-state index contributed by atoms with van der Waals surface area (Å²) in [4.78, 5) is 14.8. The molecule has 1 N–H and O–H groups in total. The van der Waals surface area contributed by atoms with Gasteiger partial charge in [-0.15, -0.1) is 0 Å². The van der Waals surface area contributed by atoms with E-state index < -0.39 is 5.54 Å². The van der Waals surface area contributed by atoms with Gasteiger partial charge < -0.3 is 9.64 Å². The van der Waals surface area contributed by atoms with Crippen LogP contribution in [0.3, 0.4) is 0 Å². The fourth-order valence-corrected chi connectivity index (χ4v) is 3.58. The molecule has 0 aromatic carbocycles. The number of rotatable bonds is 7. The van der Waals surface area contributed by atoms with E-state index in [1.165, 1.54) is 32.9 Å². The average molecular weight is 296 g/mol. The van der Waals surface area contributed by atoms with Crippen molar-refractivity contribution in [1.82, 2.24) is 10.2 Å². The first-order valence-electron chi connectivity index (χ1n) is 8.46. The molecule has 0 radical (unpaired) electrons. The fourth-order valence-electron chi connectivity index (χ4n) is 3.58. The van der Waals surface area contributed by atoms with E-state index >= 15 is 0 Å². The summed E-state index contributed by atoms with van der Waals surface area (Å²) in [6, 6.07) is 0.910. The van der Waals surface area contributed by atoms with Crippen molar-refractivity contribution >= 4 is 5.97 Å². The van der Waals surface area contributed by atoms with Crippen molar-refractivity contribution in [3.63, 3.8) is 0 Å². The molecule has 1 aliphatic heterocycles. The summed E-state index contributed by atoms with van der Waals surface area (Å²) in [6.07, 6.45) is 4.47. The van der Waals surface area contributed by atoms with Crippen LogP contribution in [0.25, 0.3) is 0 Å². The van der Waals surface area contributed by atoms with E-state index in [0.717, 1.165) is 24.8 Å². The molecule has 4 nitrogen and oxygen atoms in total. The number of carbonyl (C=O) groups is 1. The van der Waals surface area contributed by atoms with E-state index in [0.29, 0.717) is 12.1 Å². The minimum atomic E-state index is -0.550. The van der Waals surface area contributed by atoms with Crippen LogP contribution in [0.2, 0.25) is 0 Å². The van der Waals surface area contributed by atoms with Crippen molar-refractivity contribution in [3.05, 3.63) is 0 Å². The Morgan fingerprint density at radius 1 is 1.33 bits per heavy atom. The zero-order valence-electron chi connectivity index (χ0n) is 14.3. The van der Waals surface area contributed by atoms with Crippen LogP contribution in [0.1, 0.15) is 53.4 Å². The molecule has 0 aromatic rings. The lowest BCUT2D eigenvalue weighted by atomic mass is 9.92. The highest BCUT2D eigenvalue weighted by molar-refractivity contribution is 5.80. The third-order valence-corrected chi connectivity index (χ3v) is 5.26. The molecule has 0 spiro atoms. The van der Waals surface area contributed by atoms with Gasteiger partial charge in [-0.2, -0.15) is 0 Å². The molecule has 2 aliphatic rings. The number of ether oxygens (including phenoxy) is 1. The largest absolute Gasteiger partial charge is 0.468 e. The Balaban J connectivity index is 1.94. The maximum atomic E-state index is 12.2. The summed E-state index contributed by atoms with van der Waals surface area (Å²) < 4.78 is 5.05. The molecule has 1 aliphatic carbocycles. The van der Waals surface area contributed by atoms with Crippen LogP contribution in [0.4, 0.5) is 0 Å². The van der Waals surface area contributed by atoms with Crippen molar-refractivity contribution in [2.24, 2.45) is 11.8 Å². The van der Waals surface area contributed by atoms with Gasteiger partial charge in [-0.1, -0.05) is 13.8 Å². The molecule has 122 valence electrons. The normalized spacial score (nSPS) is 27.6. The number of nitrogens with one attached hydrogen (secondary N) is 1. The van der Waals surface area contributed by atoms with E-state index in [9.17, 15) is 4.79 Å². The van der Waals surface area contributed by atoms with Gasteiger partial charge in [-0.3, -0.25) is 10.1 Å². The van der Waals surface area contributed by atoms with Crippen LogP contribution in [0, 0.1) is 11.8 Å². The van der Waals surface area contributed by atoms with Crippen LogP contribution in [-0.4, -0.2) is 48.7 Å². The van der Waals surface area contributed by atoms with Crippen LogP contribution in [-0.2, 0) is 9.53 Å². The molecule has 0 aromatic heterocycles. The van der Waals surface area contributed by atoms with Gasteiger partial charge in [0.05, 0.1) is 7.11 Å². The minimum Gasteiger partial charge on any atom is -0.468 e. The van der Waals surface area contributed by atoms with Gasteiger partial charge in [0, 0.05) is 18.6 Å². The Morgan fingerprint density at radius 3 is 2.48 bits per heavy atom. The van der Waals surface area contributed by atoms with Gasteiger partial charge in [0.2, 0.25) is 0 Å². The maximum absolute atomic E-state index is 12.2. The minimum absolute atomic E-state index is 0.124. The fraction of sp³-hybridized carbons (Fsp3) is 0.941. The lowest BCUT2D eigenvalue weighted by Gasteiger charge is -2.34. The molecule has 0 amide bonds. The van der Waals surface area contributed by atoms with E-state index in [1.807, 2.05) is 6.92 Å². The summed E-state index contributed by atoms with van der Waals surface area (Å²) in [5, 5.41) is 3.51. The molecule has 3 unspecified atom stereocenters. The lowest BCUT2D eigenvalue weighted by Crippen LogP contribution is -2.54. The molecule has 2 rings (SSSR count). The molecule has 1 saturated heterocycles. The standard InChI is InChI=1S/C17H32N2O2/c1-12(2)14-8-9-19(11-14)13(3)10-17(4,16(20)21-5)18-15-6-7-15/h12-15,18H,6-11H2,1-5H3. The number of hydrogen-bond acceptors (Lipinski definition) is 4. The topological polar surface area (TPSA) is 41.6 Å². The number of methoxy groups -OCH3 is 1. The van der Waals surface area contributed by atoms with Crippen molar-refractivity contribution in [3.8, 4) is 0 Å². The van der Waals surface area contributed by atoms with Gasteiger partial charge >= 0.3 is 5.97 Å². The van der Waals surface area contributed by atoms with Crippen molar-refractivity contribution in [2.45, 2.75) is 71.0 Å². The molecular formula is C17H32N2O2.